The molecule has 5 heteroatoms. The maximum absolute atomic E-state index is 9.44. The molecule has 0 saturated heterocycles. The Labute approximate surface area is 120 Å². The van der Waals surface area contributed by atoms with E-state index in [9.17, 15) is 5.11 Å². The summed E-state index contributed by atoms with van der Waals surface area (Å²) >= 11 is 3.47. The van der Waals surface area contributed by atoms with E-state index in [1.54, 1.807) is 13.3 Å². The zero-order valence-corrected chi connectivity index (χ0v) is 12.2. The summed E-state index contributed by atoms with van der Waals surface area (Å²) in [6.07, 6.45) is 3.79. The summed E-state index contributed by atoms with van der Waals surface area (Å²) in [5.74, 6) is 1.67. The monoisotopic (exact) mass is 322 g/mol. The van der Waals surface area contributed by atoms with E-state index in [1.165, 1.54) is 0 Å². The molecule has 100 valence electrons. The largest absolute Gasteiger partial charge is 0.496 e. The minimum absolute atomic E-state index is 0.141. The first kappa shape index (κ1) is 12.7. The van der Waals surface area contributed by atoms with Crippen molar-refractivity contribution in [3.05, 3.63) is 34.7 Å². The summed E-state index contributed by atoms with van der Waals surface area (Å²) in [5.41, 5.74) is 1.73. The highest BCUT2D eigenvalue weighted by atomic mass is 79.9. The molecule has 1 aliphatic carbocycles. The summed E-state index contributed by atoms with van der Waals surface area (Å²) < 4.78 is 6.36. The second-order valence-electron chi connectivity index (χ2n) is 4.93. The number of imidazole rings is 1. The molecule has 0 spiro atoms. The van der Waals surface area contributed by atoms with E-state index in [4.69, 9.17) is 4.74 Å². The topological polar surface area (TPSA) is 58.1 Å². The Balaban J connectivity index is 2.01. The number of hydrogen-bond donors (Lipinski definition) is 2. The van der Waals surface area contributed by atoms with E-state index < -0.39 is 0 Å². The van der Waals surface area contributed by atoms with Crippen molar-refractivity contribution in [1.82, 2.24) is 9.97 Å². The Morgan fingerprint density at radius 2 is 2.26 bits per heavy atom. The molecule has 1 aromatic heterocycles. The molecule has 4 nitrogen and oxygen atoms in total. The molecule has 1 aromatic carbocycles. The molecule has 1 saturated carbocycles. The van der Waals surface area contributed by atoms with Gasteiger partial charge >= 0.3 is 0 Å². The van der Waals surface area contributed by atoms with Crippen LogP contribution in [0.3, 0.4) is 0 Å². The lowest BCUT2D eigenvalue weighted by atomic mass is 10.1. The molecule has 0 aliphatic heterocycles. The zero-order chi connectivity index (χ0) is 13.5. The SMILES string of the molecule is COc1ccc(Br)cc1-c1cnc(C2(CO)CC2)[nH]1. The Hall–Kier alpha value is -1.33. The van der Waals surface area contributed by atoms with Crippen molar-refractivity contribution < 1.29 is 9.84 Å². The number of benzene rings is 1. The first-order valence-electron chi connectivity index (χ1n) is 6.19. The molecule has 1 fully saturated rings. The Morgan fingerprint density at radius 1 is 1.47 bits per heavy atom. The highest BCUT2D eigenvalue weighted by Crippen LogP contribution is 2.46. The highest BCUT2D eigenvalue weighted by Gasteiger charge is 2.46. The molecular formula is C14H15BrN2O2. The number of nitrogens with one attached hydrogen (secondary N) is 1. The van der Waals surface area contributed by atoms with Gasteiger partial charge in [0.05, 0.1) is 31.0 Å². The lowest BCUT2D eigenvalue weighted by molar-refractivity contribution is 0.250. The molecule has 0 bridgehead atoms. The number of aliphatic hydroxyl groups is 1. The summed E-state index contributed by atoms with van der Waals surface area (Å²) in [6.45, 7) is 0.148. The predicted molar refractivity (Wildman–Crippen MR) is 76.3 cm³/mol. The third kappa shape index (κ3) is 2.17. The average molecular weight is 323 g/mol. The lowest BCUT2D eigenvalue weighted by Gasteiger charge is -2.09. The number of aromatic nitrogens is 2. The Morgan fingerprint density at radius 3 is 2.89 bits per heavy atom. The van der Waals surface area contributed by atoms with Crippen molar-refractivity contribution in [1.29, 1.82) is 0 Å². The molecule has 19 heavy (non-hydrogen) atoms. The second kappa shape index (κ2) is 4.65. The van der Waals surface area contributed by atoms with Crippen molar-refractivity contribution in [3.63, 3.8) is 0 Å². The number of ether oxygens (including phenoxy) is 1. The van der Waals surface area contributed by atoms with E-state index in [0.717, 1.165) is 40.1 Å². The van der Waals surface area contributed by atoms with Gasteiger partial charge in [-0.25, -0.2) is 4.98 Å². The third-order valence-corrected chi connectivity index (χ3v) is 4.18. The zero-order valence-electron chi connectivity index (χ0n) is 10.6. The van der Waals surface area contributed by atoms with Crippen LogP contribution in [0.5, 0.6) is 5.75 Å². The van der Waals surface area contributed by atoms with Crippen molar-refractivity contribution in [2.75, 3.05) is 13.7 Å². The number of methoxy groups -OCH3 is 1. The van der Waals surface area contributed by atoms with Gasteiger partial charge in [-0.1, -0.05) is 15.9 Å². The first-order chi connectivity index (χ1) is 9.18. The van der Waals surface area contributed by atoms with Crippen molar-refractivity contribution in [2.24, 2.45) is 0 Å². The van der Waals surface area contributed by atoms with Gasteiger partial charge in [-0.15, -0.1) is 0 Å². The van der Waals surface area contributed by atoms with E-state index >= 15 is 0 Å². The predicted octanol–water partition coefficient (Wildman–Crippen LogP) is 2.87. The van der Waals surface area contributed by atoms with Crippen molar-refractivity contribution >= 4 is 15.9 Å². The van der Waals surface area contributed by atoms with Crippen LogP contribution < -0.4 is 4.74 Å². The standard InChI is InChI=1S/C14H15BrN2O2/c1-19-12-3-2-9(15)6-10(12)11-7-16-13(17-11)14(8-18)4-5-14/h2-3,6-7,18H,4-5,8H2,1H3,(H,16,17). The van der Waals surface area contributed by atoms with Gasteiger partial charge in [0.25, 0.3) is 0 Å². The Kier molecular flexibility index (Phi) is 3.11. The van der Waals surface area contributed by atoms with Gasteiger partial charge in [0.15, 0.2) is 0 Å². The minimum atomic E-state index is -0.141. The number of halogens is 1. The highest BCUT2D eigenvalue weighted by molar-refractivity contribution is 9.10. The van der Waals surface area contributed by atoms with Crippen LogP contribution in [0.2, 0.25) is 0 Å². The number of H-pyrrole nitrogens is 1. The molecule has 0 unspecified atom stereocenters. The fraction of sp³-hybridized carbons (Fsp3) is 0.357. The van der Waals surface area contributed by atoms with Crippen LogP contribution in [-0.4, -0.2) is 28.8 Å². The number of nitrogens with zero attached hydrogens (tertiary/aromatic N) is 1. The van der Waals surface area contributed by atoms with Gasteiger partial charge in [-0.2, -0.15) is 0 Å². The van der Waals surface area contributed by atoms with Crippen LogP contribution in [0.1, 0.15) is 18.7 Å². The van der Waals surface area contributed by atoms with Gasteiger partial charge in [0.1, 0.15) is 11.6 Å². The van der Waals surface area contributed by atoms with Gasteiger partial charge in [0, 0.05) is 10.0 Å². The fourth-order valence-electron chi connectivity index (χ4n) is 2.24. The third-order valence-electron chi connectivity index (χ3n) is 3.69. The van der Waals surface area contributed by atoms with Crippen molar-refractivity contribution in [2.45, 2.75) is 18.3 Å². The molecule has 2 aromatic rings. The summed E-state index contributed by atoms with van der Waals surface area (Å²) in [5, 5.41) is 9.44. The first-order valence-corrected chi connectivity index (χ1v) is 6.98. The van der Waals surface area contributed by atoms with Crippen molar-refractivity contribution in [3.8, 4) is 17.0 Å². The van der Waals surface area contributed by atoms with E-state index in [0.29, 0.717) is 0 Å². The minimum Gasteiger partial charge on any atom is -0.496 e. The number of aliphatic hydroxyl groups excluding tert-OH is 1. The summed E-state index contributed by atoms with van der Waals surface area (Å²) in [6, 6.07) is 5.85. The summed E-state index contributed by atoms with van der Waals surface area (Å²) in [7, 11) is 1.65. The van der Waals surface area contributed by atoms with E-state index in [-0.39, 0.29) is 12.0 Å². The maximum Gasteiger partial charge on any atom is 0.128 e. The molecule has 1 heterocycles. The number of aromatic amines is 1. The van der Waals surface area contributed by atoms with Gasteiger partial charge in [0.2, 0.25) is 0 Å². The maximum atomic E-state index is 9.44. The van der Waals surface area contributed by atoms with Gasteiger partial charge in [-0.05, 0) is 31.0 Å². The smallest absolute Gasteiger partial charge is 0.128 e. The van der Waals surface area contributed by atoms with Crippen LogP contribution in [0.15, 0.2) is 28.9 Å². The van der Waals surface area contributed by atoms with E-state index in [2.05, 4.69) is 25.9 Å². The second-order valence-corrected chi connectivity index (χ2v) is 5.84. The molecule has 0 atom stereocenters. The van der Waals surface area contributed by atoms with Crippen LogP contribution in [0, 0.1) is 0 Å². The molecule has 1 aliphatic rings. The Bertz CT molecular complexity index is 605. The average Bonchev–Trinajstić information content (AvgIpc) is 3.08. The fourth-order valence-corrected chi connectivity index (χ4v) is 2.60. The molecule has 0 radical (unpaired) electrons. The molecular weight excluding hydrogens is 308 g/mol. The molecule has 3 rings (SSSR count). The normalized spacial score (nSPS) is 16.4. The molecule has 0 amide bonds. The van der Waals surface area contributed by atoms with Gasteiger partial charge in [-0.3, -0.25) is 0 Å². The number of hydrogen-bond acceptors (Lipinski definition) is 3. The lowest BCUT2D eigenvalue weighted by Crippen LogP contribution is -2.13. The number of rotatable bonds is 4. The van der Waals surface area contributed by atoms with E-state index in [1.807, 2.05) is 18.2 Å². The summed E-state index contributed by atoms with van der Waals surface area (Å²) in [4.78, 5) is 7.73. The molecule has 2 N–H and O–H groups in total. The van der Waals surface area contributed by atoms with Crippen LogP contribution >= 0.6 is 15.9 Å². The van der Waals surface area contributed by atoms with Crippen LogP contribution in [-0.2, 0) is 5.41 Å². The van der Waals surface area contributed by atoms with Crippen LogP contribution in [0.4, 0.5) is 0 Å². The quantitative estimate of drug-likeness (QED) is 0.910. The van der Waals surface area contributed by atoms with Crippen LogP contribution in [0.25, 0.3) is 11.3 Å². The van der Waals surface area contributed by atoms with Gasteiger partial charge < -0.3 is 14.8 Å².